The molecule has 0 unspecified atom stereocenters. The highest BCUT2D eigenvalue weighted by atomic mass is 16.6. The molecule has 1 aromatic heterocycles. The molecule has 0 saturated carbocycles. The Morgan fingerprint density at radius 3 is 2.83 bits per heavy atom. The molecule has 0 aliphatic rings. The Hall–Kier alpha value is -1.65. The summed E-state index contributed by atoms with van der Waals surface area (Å²) < 4.78 is 4.68. The molecular formula is C7H9N3O2. The Morgan fingerprint density at radius 2 is 2.25 bits per heavy atom. The monoisotopic (exact) mass is 167 g/mol. The number of hydrogen-bond acceptors (Lipinski definition) is 4. The van der Waals surface area contributed by atoms with Gasteiger partial charge in [0.15, 0.2) is 0 Å². The Balaban J connectivity index is 2.47. The van der Waals surface area contributed by atoms with Gasteiger partial charge in [0.05, 0.1) is 0 Å². The molecule has 0 fully saturated rings. The van der Waals surface area contributed by atoms with Crippen molar-refractivity contribution in [1.29, 1.82) is 0 Å². The second-order valence-corrected chi connectivity index (χ2v) is 1.95. The molecule has 1 amide bonds. The Kier molecular flexibility index (Phi) is 3.01. The quantitative estimate of drug-likeness (QED) is 0.699. The van der Waals surface area contributed by atoms with E-state index in [0.29, 0.717) is 6.54 Å². The van der Waals surface area contributed by atoms with E-state index in [-0.39, 0.29) is 6.01 Å². The number of carbonyl (C=O) groups is 1. The molecule has 1 N–H and O–H groups in total. The number of amides is 1. The van der Waals surface area contributed by atoms with Crippen LogP contribution >= 0.6 is 0 Å². The number of aromatic nitrogens is 2. The second-order valence-electron chi connectivity index (χ2n) is 1.95. The van der Waals surface area contributed by atoms with Gasteiger partial charge in [-0.25, -0.2) is 14.8 Å². The van der Waals surface area contributed by atoms with Gasteiger partial charge in [0.2, 0.25) is 0 Å². The molecule has 1 rings (SSSR count). The lowest BCUT2D eigenvalue weighted by molar-refractivity contribution is 0.197. The number of hydrogen-bond donors (Lipinski definition) is 1. The van der Waals surface area contributed by atoms with Crippen molar-refractivity contribution in [1.82, 2.24) is 15.3 Å². The van der Waals surface area contributed by atoms with Gasteiger partial charge in [0.1, 0.15) is 0 Å². The highest BCUT2D eigenvalue weighted by Crippen LogP contribution is 1.96. The standard InChI is InChI=1S/C7H9N3O2/c1-2-8-7(11)12-6-9-4-3-5-10-6/h3-5H,2H2,1H3,(H,8,11). The van der Waals surface area contributed by atoms with E-state index in [9.17, 15) is 4.79 Å². The first-order valence-corrected chi connectivity index (χ1v) is 3.55. The van der Waals surface area contributed by atoms with E-state index in [1.165, 1.54) is 12.4 Å². The van der Waals surface area contributed by atoms with Gasteiger partial charge in [0, 0.05) is 18.9 Å². The molecule has 0 bridgehead atoms. The fraction of sp³-hybridized carbons (Fsp3) is 0.286. The van der Waals surface area contributed by atoms with Crippen LogP contribution in [0.4, 0.5) is 4.79 Å². The zero-order valence-electron chi connectivity index (χ0n) is 6.65. The number of nitrogens with zero attached hydrogens (tertiary/aromatic N) is 2. The SMILES string of the molecule is CCNC(=O)Oc1ncccn1. The summed E-state index contributed by atoms with van der Waals surface area (Å²) in [6, 6.07) is 1.70. The minimum Gasteiger partial charge on any atom is -0.374 e. The highest BCUT2D eigenvalue weighted by Gasteiger charge is 2.02. The summed E-state index contributed by atoms with van der Waals surface area (Å²) in [7, 11) is 0. The largest absolute Gasteiger partial charge is 0.415 e. The average Bonchev–Trinajstić information content (AvgIpc) is 2.06. The lowest BCUT2D eigenvalue weighted by Crippen LogP contribution is -2.26. The lowest BCUT2D eigenvalue weighted by atomic mass is 10.7. The van der Waals surface area contributed by atoms with E-state index in [0.717, 1.165) is 0 Å². The first-order valence-electron chi connectivity index (χ1n) is 3.55. The third kappa shape index (κ3) is 2.53. The normalized spacial score (nSPS) is 9.08. The molecule has 64 valence electrons. The Morgan fingerprint density at radius 1 is 1.58 bits per heavy atom. The van der Waals surface area contributed by atoms with E-state index in [4.69, 9.17) is 0 Å². The Bertz CT molecular complexity index is 250. The summed E-state index contributed by atoms with van der Waals surface area (Å²) in [5.41, 5.74) is 0. The van der Waals surface area contributed by atoms with Crippen molar-refractivity contribution in [3.63, 3.8) is 0 Å². The van der Waals surface area contributed by atoms with Crippen molar-refractivity contribution in [3.05, 3.63) is 18.5 Å². The van der Waals surface area contributed by atoms with Crippen LogP contribution in [0.25, 0.3) is 0 Å². The molecule has 0 atom stereocenters. The van der Waals surface area contributed by atoms with Crippen molar-refractivity contribution in [2.75, 3.05) is 6.54 Å². The number of rotatable bonds is 2. The summed E-state index contributed by atoms with van der Waals surface area (Å²) in [5, 5.41) is 2.45. The lowest BCUT2D eigenvalue weighted by Gasteiger charge is -2.00. The van der Waals surface area contributed by atoms with Gasteiger partial charge in [-0.3, -0.25) is 0 Å². The molecule has 5 heteroatoms. The van der Waals surface area contributed by atoms with Gasteiger partial charge >= 0.3 is 12.1 Å². The van der Waals surface area contributed by atoms with Crippen LogP contribution in [0, 0.1) is 0 Å². The van der Waals surface area contributed by atoms with Crippen LogP contribution in [0.3, 0.4) is 0 Å². The molecule has 0 saturated heterocycles. The van der Waals surface area contributed by atoms with Crippen LogP contribution in [0.15, 0.2) is 18.5 Å². The van der Waals surface area contributed by atoms with Gasteiger partial charge in [-0.1, -0.05) is 0 Å². The Labute approximate surface area is 69.8 Å². The van der Waals surface area contributed by atoms with Crippen LogP contribution in [0.5, 0.6) is 6.01 Å². The van der Waals surface area contributed by atoms with Crippen LogP contribution in [0.2, 0.25) is 0 Å². The molecule has 1 heterocycles. The van der Waals surface area contributed by atoms with E-state index in [1.807, 2.05) is 0 Å². The minimum atomic E-state index is -0.538. The van der Waals surface area contributed by atoms with Crippen LogP contribution < -0.4 is 10.1 Å². The predicted octanol–water partition coefficient (Wildman–Crippen LogP) is 0.585. The fourth-order valence-electron chi connectivity index (χ4n) is 0.601. The molecule has 1 aromatic rings. The van der Waals surface area contributed by atoms with Crippen LogP contribution in [-0.4, -0.2) is 22.6 Å². The summed E-state index contributed by atoms with van der Waals surface area (Å²) >= 11 is 0. The summed E-state index contributed by atoms with van der Waals surface area (Å²) in [4.78, 5) is 18.2. The summed E-state index contributed by atoms with van der Waals surface area (Å²) in [6.45, 7) is 2.32. The van der Waals surface area contributed by atoms with Crippen molar-refractivity contribution >= 4 is 6.09 Å². The van der Waals surface area contributed by atoms with E-state index in [1.54, 1.807) is 13.0 Å². The zero-order chi connectivity index (χ0) is 8.81. The maximum Gasteiger partial charge on any atom is 0.415 e. The van der Waals surface area contributed by atoms with Gasteiger partial charge < -0.3 is 10.1 Å². The molecule has 0 aliphatic carbocycles. The topological polar surface area (TPSA) is 64.1 Å². The molecule has 5 nitrogen and oxygen atoms in total. The first kappa shape index (κ1) is 8.45. The molecule has 12 heavy (non-hydrogen) atoms. The smallest absolute Gasteiger partial charge is 0.374 e. The zero-order valence-corrected chi connectivity index (χ0v) is 6.65. The van der Waals surface area contributed by atoms with E-state index < -0.39 is 6.09 Å². The van der Waals surface area contributed by atoms with Crippen molar-refractivity contribution in [2.24, 2.45) is 0 Å². The fourth-order valence-corrected chi connectivity index (χ4v) is 0.601. The first-order chi connectivity index (χ1) is 5.83. The number of carbonyl (C=O) groups excluding carboxylic acids is 1. The van der Waals surface area contributed by atoms with Gasteiger partial charge in [-0.05, 0) is 13.0 Å². The van der Waals surface area contributed by atoms with Gasteiger partial charge in [0.25, 0.3) is 0 Å². The molecule has 0 radical (unpaired) electrons. The van der Waals surface area contributed by atoms with E-state index >= 15 is 0 Å². The van der Waals surface area contributed by atoms with Gasteiger partial charge in [-0.2, -0.15) is 0 Å². The second kappa shape index (κ2) is 4.27. The van der Waals surface area contributed by atoms with Crippen molar-refractivity contribution < 1.29 is 9.53 Å². The maximum absolute atomic E-state index is 10.8. The summed E-state index contributed by atoms with van der Waals surface area (Å²) in [6.07, 6.45) is 2.46. The van der Waals surface area contributed by atoms with E-state index in [2.05, 4.69) is 20.0 Å². The highest BCUT2D eigenvalue weighted by molar-refractivity contribution is 5.69. The van der Waals surface area contributed by atoms with Gasteiger partial charge in [-0.15, -0.1) is 0 Å². The number of nitrogens with one attached hydrogen (secondary N) is 1. The van der Waals surface area contributed by atoms with Crippen molar-refractivity contribution in [2.45, 2.75) is 6.92 Å². The number of ether oxygens (including phenoxy) is 1. The minimum absolute atomic E-state index is 0.0588. The average molecular weight is 167 g/mol. The van der Waals surface area contributed by atoms with Crippen molar-refractivity contribution in [3.8, 4) is 6.01 Å². The maximum atomic E-state index is 10.8. The molecule has 0 aromatic carbocycles. The molecule has 0 aliphatic heterocycles. The van der Waals surface area contributed by atoms with Crippen LogP contribution in [0.1, 0.15) is 6.92 Å². The molecule has 0 spiro atoms. The molecular weight excluding hydrogens is 158 g/mol. The summed E-state index contributed by atoms with van der Waals surface area (Å²) in [5.74, 6) is 0. The third-order valence-electron chi connectivity index (χ3n) is 1.05. The third-order valence-corrected chi connectivity index (χ3v) is 1.05. The van der Waals surface area contributed by atoms with Crippen LogP contribution in [-0.2, 0) is 0 Å². The predicted molar refractivity (Wildman–Crippen MR) is 41.7 cm³/mol.